The fourth-order valence-corrected chi connectivity index (χ4v) is 2.23. The molecule has 2 N–H and O–H groups in total. The van der Waals surface area contributed by atoms with Gasteiger partial charge in [-0.1, -0.05) is 13.8 Å². The topological polar surface area (TPSA) is 42.1 Å². The van der Waals surface area contributed by atoms with Crippen LogP contribution < -0.4 is 10.6 Å². The van der Waals surface area contributed by atoms with Gasteiger partial charge in [-0.2, -0.15) is 0 Å². The van der Waals surface area contributed by atoms with Gasteiger partial charge in [-0.3, -0.25) is 0 Å². The number of hydrogen-bond acceptors (Lipinski definition) is 3. The lowest BCUT2D eigenvalue weighted by atomic mass is 9.83. The van der Waals surface area contributed by atoms with Crippen molar-refractivity contribution in [3.63, 3.8) is 0 Å². The van der Waals surface area contributed by atoms with Crippen LogP contribution in [0.5, 0.6) is 0 Å². The van der Waals surface area contributed by atoms with Crippen molar-refractivity contribution >= 4 is 5.82 Å². The maximum absolute atomic E-state index is 5.91. The summed E-state index contributed by atoms with van der Waals surface area (Å²) in [6, 6.07) is 4.21. The molecule has 2 heterocycles. The van der Waals surface area contributed by atoms with Crippen molar-refractivity contribution in [1.82, 2.24) is 4.98 Å². The van der Waals surface area contributed by atoms with E-state index in [2.05, 4.69) is 29.8 Å². The normalized spacial score (nSPS) is 21.3. The van der Waals surface area contributed by atoms with Crippen LogP contribution in [0.4, 0.5) is 5.82 Å². The predicted octanol–water partition coefficient (Wildman–Crippen LogP) is 2.73. The molecule has 0 radical (unpaired) electrons. The Morgan fingerprint density at radius 3 is 2.59 bits per heavy atom. The van der Waals surface area contributed by atoms with E-state index < -0.39 is 0 Å². The lowest BCUT2D eigenvalue weighted by Crippen LogP contribution is -2.37. The Balaban J connectivity index is 2.10. The van der Waals surface area contributed by atoms with Crippen molar-refractivity contribution in [3.05, 3.63) is 23.9 Å². The second-order valence-electron chi connectivity index (χ2n) is 5.89. The first kappa shape index (κ1) is 12.4. The van der Waals surface area contributed by atoms with E-state index in [9.17, 15) is 0 Å². The fraction of sp³-hybridized carbons (Fsp3) is 0.643. The Bertz CT molecular complexity index is 375. The number of pyridine rings is 1. The van der Waals surface area contributed by atoms with Gasteiger partial charge in [0.2, 0.25) is 0 Å². The number of anilines is 1. The molecule has 0 saturated carbocycles. The van der Waals surface area contributed by atoms with Gasteiger partial charge in [-0.05, 0) is 42.9 Å². The fourth-order valence-electron chi connectivity index (χ4n) is 2.23. The van der Waals surface area contributed by atoms with E-state index in [-0.39, 0.29) is 6.04 Å². The highest BCUT2D eigenvalue weighted by molar-refractivity contribution is 5.42. The molecule has 0 unspecified atom stereocenters. The summed E-state index contributed by atoms with van der Waals surface area (Å²) in [6.07, 6.45) is 4.34. The summed E-state index contributed by atoms with van der Waals surface area (Å²) in [5.74, 6) is 1.08. The minimum absolute atomic E-state index is 0.0815. The molecule has 1 saturated heterocycles. The molecular formula is C14H23N3. The van der Waals surface area contributed by atoms with Crippen molar-refractivity contribution in [2.45, 2.75) is 39.7 Å². The van der Waals surface area contributed by atoms with Gasteiger partial charge in [0.25, 0.3) is 0 Å². The largest absolute Gasteiger partial charge is 0.357 e. The summed E-state index contributed by atoms with van der Waals surface area (Å²) in [4.78, 5) is 6.84. The van der Waals surface area contributed by atoms with Crippen LogP contribution in [0.1, 0.15) is 45.2 Å². The van der Waals surface area contributed by atoms with Crippen LogP contribution in [0.2, 0.25) is 0 Å². The third-order valence-corrected chi connectivity index (χ3v) is 3.74. The monoisotopic (exact) mass is 233 g/mol. The zero-order valence-corrected chi connectivity index (χ0v) is 11.1. The molecule has 1 aromatic rings. The Hall–Kier alpha value is -1.09. The van der Waals surface area contributed by atoms with Gasteiger partial charge >= 0.3 is 0 Å². The van der Waals surface area contributed by atoms with Crippen LogP contribution in [-0.2, 0) is 0 Å². The average molecular weight is 233 g/mol. The average Bonchev–Trinajstić information content (AvgIpc) is 2.29. The van der Waals surface area contributed by atoms with Crippen LogP contribution in [0.15, 0.2) is 18.3 Å². The molecule has 17 heavy (non-hydrogen) atoms. The SMILES string of the molecule is C[C@@H](N)c1ccnc(N2CCC(C)(C)CC2)c1. The van der Waals surface area contributed by atoms with E-state index in [0.717, 1.165) is 18.9 Å². The maximum Gasteiger partial charge on any atom is 0.128 e. The lowest BCUT2D eigenvalue weighted by Gasteiger charge is -2.37. The number of hydrogen-bond donors (Lipinski definition) is 1. The van der Waals surface area contributed by atoms with Crippen LogP contribution in [0.25, 0.3) is 0 Å². The lowest BCUT2D eigenvalue weighted by molar-refractivity contribution is 0.279. The van der Waals surface area contributed by atoms with Gasteiger partial charge < -0.3 is 10.6 Å². The Kier molecular flexibility index (Phi) is 3.38. The van der Waals surface area contributed by atoms with Crippen molar-refractivity contribution in [2.75, 3.05) is 18.0 Å². The molecule has 1 fully saturated rings. The zero-order valence-electron chi connectivity index (χ0n) is 11.1. The number of nitrogens with zero attached hydrogens (tertiary/aromatic N) is 2. The highest BCUT2D eigenvalue weighted by atomic mass is 15.2. The molecule has 1 aliphatic heterocycles. The van der Waals surface area contributed by atoms with Gasteiger partial charge in [0.1, 0.15) is 5.82 Å². The van der Waals surface area contributed by atoms with Crippen molar-refractivity contribution < 1.29 is 0 Å². The molecule has 0 aromatic carbocycles. The van der Waals surface area contributed by atoms with Gasteiger partial charge in [0, 0.05) is 25.3 Å². The number of piperidine rings is 1. The highest BCUT2D eigenvalue weighted by Crippen LogP contribution is 2.31. The van der Waals surface area contributed by atoms with Gasteiger partial charge in [-0.25, -0.2) is 4.98 Å². The molecule has 2 rings (SSSR count). The van der Waals surface area contributed by atoms with E-state index in [0.29, 0.717) is 5.41 Å². The van der Waals surface area contributed by atoms with Crippen molar-refractivity contribution in [1.29, 1.82) is 0 Å². The Labute approximate surface area is 104 Å². The summed E-state index contributed by atoms with van der Waals surface area (Å²) < 4.78 is 0. The van der Waals surface area contributed by atoms with Gasteiger partial charge in [0.05, 0.1) is 0 Å². The summed E-state index contributed by atoms with van der Waals surface area (Å²) >= 11 is 0. The van der Waals surface area contributed by atoms with Crippen molar-refractivity contribution in [2.24, 2.45) is 11.1 Å². The number of rotatable bonds is 2. The molecular weight excluding hydrogens is 210 g/mol. The van der Waals surface area contributed by atoms with Crippen LogP contribution in [-0.4, -0.2) is 18.1 Å². The molecule has 0 aliphatic carbocycles. The van der Waals surface area contributed by atoms with Crippen LogP contribution >= 0.6 is 0 Å². The quantitative estimate of drug-likeness (QED) is 0.854. The summed E-state index contributed by atoms with van der Waals surface area (Å²) in [6.45, 7) is 8.90. The smallest absolute Gasteiger partial charge is 0.128 e. The molecule has 1 aromatic heterocycles. The Morgan fingerprint density at radius 1 is 1.35 bits per heavy atom. The molecule has 3 nitrogen and oxygen atoms in total. The number of aromatic nitrogens is 1. The molecule has 0 amide bonds. The van der Waals surface area contributed by atoms with Crippen molar-refractivity contribution in [3.8, 4) is 0 Å². The molecule has 3 heteroatoms. The third kappa shape index (κ3) is 2.97. The first-order valence-electron chi connectivity index (χ1n) is 6.44. The zero-order chi connectivity index (χ0) is 12.5. The molecule has 94 valence electrons. The third-order valence-electron chi connectivity index (χ3n) is 3.74. The molecule has 1 atom stereocenters. The van der Waals surface area contributed by atoms with E-state index >= 15 is 0 Å². The Morgan fingerprint density at radius 2 is 2.00 bits per heavy atom. The molecule has 0 bridgehead atoms. The van der Waals surface area contributed by atoms with Crippen LogP contribution in [0.3, 0.4) is 0 Å². The number of nitrogens with two attached hydrogens (primary N) is 1. The van der Waals surface area contributed by atoms with E-state index in [1.807, 2.05) is 19.2 Å². The minimum atomic E-state index is 0.0815. The highest BCUT2D eigenvalue weighted by Gasteiger charge is 2.25. The first-order valence-corrected chi connectivity index (χ1v) is 6.44. The summed E-state index contributed by atoms with van der Waals surface area (Å²) in [5, 5.41) is 0. The second kappa shape index (κ2) is 4.65. The molecule has 0 spiro atoms. The maximum atomic E-state index is 5.91. The van der Waals surface area contributed by atoms with E-state index in [1.165, 1.54) is 18.4 Å². The molecule has 1 aliphatic rings. The van der Waals surface area contributed by atoms with Gasteiger partial charge in [0.15, 0.2) is 0 Å². The van der Waals surface area contributed by atoms with Crippen LogP contribution in [0, 0.1) is 5.41 Å². The second-order valence-corrected chi connectivity index (χ2v) is 5.89. The van der Waals surface area contributed by atoms with E-state index in [4.69, 9.17) is 5.73 Å². The summed E-state index contributed by atoms with van der Waals surface area (Å²) in [7, 11) is 0. The summed E-state index contributed by atoms with van der Waals surface area (Å²) in [5.41, 5.74) is 7.56. The minimum Gasteiger partial charge on any atom is -0.357 e. The standard InChI is InChI=1S/C14H23N3/c1-11(15)12-4-7-16-13(10-12)17-8-5-14(2,3)6-9-17/h4,7,10-11H,5-6,8-9,15H2,1-3H3/t11-/m1/s1. The predicted molar refractivity (Wildman–Crippen MR) is 72.1 cm³/mol. The van der Waals surface area contributed by atoms with Gasteiger partial charge in [-0.15, -0.1) is 0 Å². The first-order chi connectivity index (χ1) is 7.98. The van der Waals surface area contributed by atoms with E-state index in [1.54, 1.807) is 0 Å².